The molecule has 5 nitrogen and oxygen atoms in total. The fraction of sp³-hybridized carbons (Fsp3) is 0.583. The maximum absolute atomic E-state index is 12.6. The van der Waals surface area contributed by atoms with E-state index in [1.54, 1.807) is 16.4 Å². The molecule has 2 saturated carbocycles. The van der Waals surface area contributed by atoms with Gasteiger partial charge in [0.15, 0.2) is 5.03 Å². The zero-order chi connectivity index (χ0) is 12.8. The van der Waals surface area contributed by atoms with E-state index in [-0.39, 0.29) is 16.8 Å². The van der Waals surface area contributed by atoms with Gasteiger partial charge in [0.1, 0.15) is 0 Å². The van der Waals surface area contributed by atoms with E-state index in [9.17, 15) is 8.42 Å². The minimum atomic E-state index is -3.53. The van der Waals surface area contributed by atoms with Crippen LogP contribution in [-0.4, -0.2) is 30.3 Å². The highest BCUT2D eigenvalue weighted by molar-refractivity contribution is 7.89. The molecular weight excluding hydrogens is 250 g/mol. The zero-order valence-electron chi connectivity index (χ0n) is 10.1. The van der Waals surface area contributed by atoms with Crippen LogP contribution in [0.4, 0.5) is 5.69 Å². The normalized spacial score (nSPS) is 20.3. The Morgan fingerprint density at radius 2 is 2.06 bits per heavy atom. The summed E-state index contributed by atoms with van der Waals surface area (Å²) in [6, 6.07) is 3.40. The molecule has 6 heteroatoms. The van der Waals surface area contributed by atoms with Crippen molar-refractivity contribution in [2.24, 2.45) is 5.92 Å². The predicted molar refractivity (Wildman–Crippen MR) is 68.3 cm³/mol. The Balaban J connectivity index is 1.93. The fourth-order valence-corrected chi connectivity index (χ4v) is 3.88. The molecule has 0 aliphatic heterocycles. The van der Waals surface area contributed by atoms with Gasteiger partial charge in [-0.15, -0.1) is 0 Å². The second kappa shape index (κ2) is 4.20. The summed E-state index contributed by atoms with van der Waals surface area (Å²) in [6.45, 7) is 0.628. The Hall–Kier alpha value is -1.14. The number of rotatable bonds is 5. The van der Waals surface area contributed by atoms with Crippen LogP contribution in [0.15, 0.2) is 23.4 Å². The van der Waals surface area contributed by atoms with Gasteiger partial charge in [-0.2, -0.15) is 4.31 Å². The first-order chi connectivity index (χ1) is 8.59. The van der Waals surface area contributed by atoms with E-state index in [1.165, 1.54) is 6.20 Å². The van der Waals surface area contributed by atoms with Crippen LogP contribution in [0.3, 0.4) is 0 Å². The smallest absolute Gasteiger partial charge is 0.262 e. The van der Waals surface area contributed by atoms with E-state index >= 15 is 0 Å². The number of pyridine rings is 1. The lowest BCUT2D eigenvalue weighted by atomic mass is 10.4. The molecule has 1 aromatic rings. The lowest BCUT2D eigenvalue weighted by Gasteiger charge is -2.21. The summed E-state index contributed by atoms with van der Waals surface area (Å²) in [5.74, 6) is 0.533. The molecule has 2 N–H and O–H groups in total. The largest absolute Gasteiger partial charge is 0.396 e. The van der Waals surface area contributed by atoms with Gasteiger partial charge in [0, 0.05) is 18.8 Å². The molecule has 0 unspecified atom stereocenters. The van der Waals surface area contributed by atoms with Crippen LogP contribution in [0, 0.1) is 5.92 Å². The summed E-state index contributed by atoms with van der Waals surface area (Å²) < 4.78 is 26.8. The predicted octanol–water partition coefficient (Wildman–Crippen LogP) is 1.23. The zero-order valence-corrected chi connectivity index (χ0v) is 10.9. The fourth-order valence-electron chi connectivity index (χ4n) is 2.09. The van der Waals surface area contributed by atoms with E-state index < -0.39 is 10.0 Å². The summed E-state index contributed by atoms with van der Waals surface area (Å²) in [4.78, 5) is 3.95. The minimum Gasteiger partial charge on any atom is -0.396 e. The van der Waals surface area contributed by atoms with Crippen molar-refractivity contribution in [3.8, 4) is 0 Å². The molecule has 2 aliphatic carbocycles. The topological polar surface area (TPSA) is 76.3 Å². The average Bonchev–Trinajstić information content (AvgIpc) is 3.19. The molecule has 98 valence electrons. The number of hydrogen-bond donors (Lipinski definition) is 1. The third-order valence-corrected chi connectivity index (χ3v) is 5.34. The van der Waals surface area contributed by atoms with Crippen molar-refractivity contribution in [1.29, 1.82) is 0 Å². The third kappa shape index (κ3) is 2.22. The lowest BCUT2D eigenvalue weighted by Crippen LogP contribution is -2.35. The summed E-state index contributed by atoms with van der Waals surface area (Å²) in [6.07, 6.45) is 5.66. The number of aromatic nitrogens is 1. The van der Waals surface area contributed by atoms with Crippen LogP contribution in [0.2, 0.25) is 0 Å². The van der Waals surface area contributed by atoms with Gasteiger partial charge in [0.05, 0.1) is 5.69 Å². The van der Waals surface area contributed by atoms with Crippen molar-refractivity contribution in [3.05, 3.63) is 18.3 Å². The molecule has 0 saturated heterocycles. The van der Waals surface area contributed by atoms with Crippen LogP contribution < -0.4 is 5.73 Å². The molecule has 0 radical (unpaired) electrons. The number of nitrogens with two attached hydrogens (primary N) is 1. The second-order valence-electron chi connectivity index (χ2n) is 5.15. The number of anilines is 1. The van der Waals surface area contributed by atoms with Gasteiger partial charge in [0.2, 0.25) is 0 Å². The number of nitrogen functional groups attached to an aromatic ring is 1. The van der Waals surface area contributed by atoms with Crippen molar-refractivity contribution in [2.45, 2.75) is 36.8 Å². The first-order valence-electron chi connectivity index (χ1n) is 6.31. The molecular formula is C12H17N3O2S. The molecule has 1 aromatic heterocycles. The minimum absolute atomic E-state index is 0.0116. The van der Waals surface area contributed by atoms with Crippen LogP contribution in [0.25, 0.3) is 0 Å². The Kier molecular flexibility index (Phi) is 2.79. The quantitative estimate of drug-likeness (QED) is 0.870. The monoisotopic (exact) mass is 267 g/mol. The summed E-state index contributed by atoms with van der Waals surface area (Å²) in [7, 11) is -3.53. The molecule has 0 aromatic carbocycles. The summed E-state index contributed by atoms with van der Waals surface area (Å²) in [5.41, 5.74) is 5.98. The summed E-state index contributed by atoms with van der Waals surface area (Å²) >= 11 is 0. The number of hydrogen-bond acceptors (Lipinski definition) is 4. The Morgan fingerprint density at radius 3 is 2.61 bits per heavy atom. The molecule has 1 heterocycles. The molecule has 0 bridgehead atoms. The van der Waals surface area contributed by atoms with Gasteiger partial charge in [0.25, 0.3) is 10.0 Å². The van der Waals surface area contributed by atoms with Crippen LogP contribution in [0.1, 0.15) is 25.7 Å². The molecule has 2 fully saturated rings. The highest BCUT2D eigenvalue weighted by atomic mass is 32.2. The first-order valence-corrected chi connectivity index (χ1v) is 7.75. The Labute approximate surface area is 107 Å². The van der Waals surface area contributed by atoms with Crippen molar-refractivity contribution >= 4 is 15.7 Å². The highest BCUT2D eigenvalue weighted by Crippen LogP contribution is 2.38. The maximum Gasteiger partial charge on any atom is 0.262 e. The van der Waals surface area contributed by atoms with E-state index in [0.717, 1.165) is 25.7 Å². The first kappa shape index (κ1) is 11.9. The molecule has 3 rings (SSSR count). The molecule has 0 amide bonds. The molecule has 2 aliphatic rings. The van der Waals surface area contributed by atoms with Crippen molar-refractivity contribution < 1.29 is 8.42 Å². The van der Waals surface area contributed by atoms with Gasteiger partial charge in [-0.3, -0.25) is 0 Å². The van der Waals surface area contributed by atoms with Crippen molar-refractivity contribution in [3.63, 3.8) is 0 Å². The Morgan fingerprint density at radius 1 is 1.33 bits per heavy atom. The maximum atomic E-state index is 12.6. The highest BCUT2D eigenvalue weighted by Gasteiger charge is 2.42. The summed E-state index contributed by atoms with van der Waals surface area (Å²) in [5, 5.41) is 0.0116. The van der Waals surface area contributed by atoms with E-state index in [2.05, 4.69) is 4.98 Å². The van der Waals surface area contributed by atoms with Crippen molar-refractivity contribution in [2.75, 3.05) is 12.3 Å². The second-order valence-corrected chi connectivity index (χ2v) is 6.95. The van der Waals surface area contributed by atoms with E-state index in [1.807, 2.05) is 0 Å². The molecule has 0 atom stereocenters. The molecule has 0 spiro atoms. The van der Waals surface area contributed by atoms with Crippen molar-refractivity contribution in [1.82, 2.24) is 9.29 Å². The van der Waals surface area contributed by atoms with Crippen LogP contribution in [-0.2, 0) is 10.0 Å². The van der Waals surface area contributed by atoms with Gasteiger partial charge in [-0.1, -0.05) is 0 Å². The van der Waals surface area contributed by atoms with Gasteiger partial charge >= 0.3 is 0 Å². The van der Waals surface area contributed by atoms with E-state index in [4.69, 9.17) is 5.73 Å². The number of nitrogens with zero attached hydrogens (tertiary/aromatic N) is 2. The third-order valence-electron chi connectivity index (χ3n) is 3.44. The van der Waals surface area contributed by atoms with Crippen LogP contribution >= 0.6 is 0 Å². The van der Waals surface area contributed by atoms with Gasteiger partial charge in [-0.05, 0) is 43.7 Å². The lowest BCUT2D eigenvalue weighted by molar-refractivity contribution is 0.387. The van der Waals surface area contributed by atoms with E-state index in [0.29, 0.717) is 12.5 Å². The average molecular weight is 267 g/mol. The van der Waals surface area contributed by atoms with Gasteiger partial charge < -0.3 is 5.73 Å². The van der Waals surface area contributed by atoms with Gasteiger partial charge in [-0.25, -0.2) is 13.4 Å². The van der Waals surface area contributed by atoms with Crippen LogP contribution in [0.5, 0.6) is 0 Å². The standard InChI is InChI=1S/C12H17N3O2S/c13-11-2-1-7-14-12(11)18(16,17)15(10-5-6-10)8-9-3-4-9/h1-2,7,9-10H,3-6,8,13H2. The number of sulfonamides is 1. The SMILES string of the molecule is Nc1cccnc1S(=O)(=O)N(CC1CC1)C1CC1. The molecule has 18 heavy (non-hydrogen) atoms. The Bertz CT molecular complexity index is 550.